The largest absolute Gasteiger partial charge is 0.508 e. The highest BCUT2D eigenvalue weighted by Gasteiger charge is 2.07. The molecule has 0 aromatic heterocycles. The number of unbranched alkanes of at least 4 members (excludes halogenated alkanes) is 24. The average molecular weight is 515 g/mol. The molecule has 37 heavy (non-hydrogen) atoms. The topological polar surface area (TPSA) is 20.2 Å². The fourth-order valence-corrected chi connectivity index (χ4v) is 5.80. The van der Waals surface area contributed by atoms with Crippen LogP contribution >= 0.6 is 0 Å². The summed E-state index contributed by atoms with van der Waals surface area (Å²) < 4.78 is 0. The van der Waals surface area contributed by atoms with Crippen LogP contribution in [0.25, 0.3) is 0 Å². The van der Waals surface area contributed by atoms with Crippen LogP contribution in [0.2, 0.25) is 0 Å². The molecule has 0 atom stereocenters. The Morgan fingerprint density at radius 3 is 1.11 bits per heavy atom. The second-order valence-corrected chi connectivity index (χ2v) is 11.9. The summed E-state index contributed by atoms with van der Waals surface area (Å²) in [5.74, 6) is 0.533. The van der Waals surface area contributed by atoms with Gasteiger partial charge < -0.3 is 5.11 Å². The predicted molar refractivity (Wildman–Crippen MR) is 167 cm³/mol. The van der Waals surface area contributed by atoms with Crippen molar-refractivity contribution in [3.63, 3.8) is 0 Å². The molecule has 0 unspecified atom stereocenters. The van der Waals surface area contributed by atoms with Gasteiger partial charge in [0.2, 0.25) is 0 Å². The summed E-state index contributed by atoms with van der Waals surface area (Å²) in [5.41, 5.74) is 2.64. The Morgan fingerprint density at radius 1 is 0.405 bits per heavy atom. The van der Waals surface area contributed by atoms with Crippen LogP contribution in [0.1, 0.15) is 192 Å². The van der Waals surface area contributed by atoms with Crippen LogP contribution in [-0.2, 0) is 12.8 Å². The van der Waals surface area contributed by atoms with Crippen molar-refractivity contribution in [3.05, 3.63) is 29.3 Å². The first-order chi connectivity index (χ1) is 18.3. The van der Waals surface area contributed by atoms with Gasteiger partial charge in [0.15, 0.2) is 0 Å². The fraction of sp³-hybridized carbons (Fsp3) is 0.833. The van der Waals surface area contributed by atoms with Crippen LogP contribution in [0.3, 0.4) is 0 Å². The molecule has 0 aliphatic rings. The first kappa shape index (κ1) is 34.0. The van der Waals surface area contributed by atoms with E-state index in [2.05, 4.69) is 19.9 Å². The van der Waals surface area contributed by atoms with Gasteiger partial charge >= 0.3 is 0 Å². The number of phenolic OH excluding ortho intramolecular Hbond substituents is 1. The van der Waals surface area contributed by atoms with Crippen molar-refractivity contribution in [2.24, 2.45) is 0 Å². The normalized spacial score (nSPS) is 11.4. The SMILES string of the molecule is CCCCCCCCCCCCCCCc1cccc(O)c1CCCCCCCCCCCCCCC. The molecule has 0 saturated carbocycles. The van der Waals surface area contributed by atoms with E-state index >= 15 is 0 Å². The molecule has 0 spiro atoms. The number of hydrogen-bond acceptors (Lipinski definition) is 1. The van der Waals surface area contributed by atoms with Crippen LogP contribution in [0.4, 0.5) is 0 Å². The van der Waals surface area contributed by atoms with Crippen LogP contribution in [-0.4, -0.2) is 5.11 Å². The highest BCUT2D eigenvalue weighted by Crippen LogP contribution is 2.25. The molecule has 0 bridgehead atoms. The molecule has 1 rings (SSSR count). The summed E-state index contributed by atoms with van der Waals surface area (Å²) in [4.78, 5) is 0. The monoisotopic (exact) mass is 515 g/mol. The van der Waals surface area contributed by atoms with Crippen LogP contribution in [0.15, 0.2) is 18.2 Å². The van der Waals surface area contributed by atoms with E-state index < -0.39 is 0 Å². The number of phenols is 1. The van der Waals surface area contributed by atoms with Gasteiger partial charge in [-0.3, -0.25) is 0 Å². The lowest BCUT2D eigenvalue weighted by Gasteiger charge is -2.12. The summed E-state index contributed by atoms with van der Waals surface area (Å²) >= 11 is 0. The van der Waals surface area contributed by atoms with E-state index in [9.17, 15) is 5.11 Å². The van der Waals surface area contributed by atoms with Gasteiger partial charge in [-0.2, -0.15) is 0 Å². The standard InChI is InChI=1S/C36H66O/c1-3-5-7-9-11-13-15-17-19-21-23-25-27-30-34-31-29-33-36(37)35(34)32-28-26-24-22-20-18-16-14-12-10-8-6-4-2/h29,31,33,37H,3-28,30,32H2,1-2H3. The molecule has 1 N–H and O–H groups in total. The zero-order chi connectivity index (χ0) is 26.7. The highest BCUT2D eigenvalue weighted by molar-refractivity contribution is 5.39. The van der Waals surface area contributed by atoms with Crippen molar-refractivity contribution in [2.45, 2.75) is 194 Å². The summed E-state index contributed by atoms with van der Waals surface area (Å²) in [7, 11) is 0. The molecule has 0 heterocycles. The van der Waals surface area contributed by atoms with Crippen molar-refractivity contribution in [1.29, 1.82) is 0 Å². The van der Waals surface area contributed by atoms with Gasteiger partial charge in [-0.25, -0.2) is 0 Å². The zero-order valence-corrected chi connectivity index (χ0v) is 25.5. The van der Waals surface area contributed by atoms with Crippen LogP contribution < -0.4 is 0 Å². The number of hydrogen-bond donors (Lipinski definition) is 1. The Bertz CT molecular complexity index is 592. The fourth-order valence-electron chi connectivity index (χ4n) is 5.80. The number of benzene rings is 1. The molecule has 1 nitrogen and oxygen atoms in total. The van der Waals surface area contributed by atoms with Gasteiger partial charge in [0.25, 0.3) is 0 Å². The number of aryl methyl sites for hydroxylation is 1. The molecule has 0 aliphatic heterocycles. The molecular formula is C36H66O. The minimum absolute atomic E-state index is 0.533. The Labute approximate surface area is 233 Å². The van der Waals surface area contributed by atoms with Gasteiger partial charge in [0.05, 0.1) is 0 Å². The third kappa shape index (κ3) is 20.6. The lowest BCUT2D eigenvalue weighted by atomic mass is 9.95. The van der Waals surface area contributed by atoms with E-state index in [-0.39, 0.29) is 0 Å². The number of rotatable bonds is 28. The molecule has 0 saturated heterocycles. The summed E-state index contributed by atoms with van der Waals surface area (Å²) in [6.45, 7) is 4.59. The van der Waals surface area contributed by atoms with E-state index in [4.69, 9.17) is 0 Å². The Hall–Kier alpha value is -0.980. The van der Waals surface area contributed by atoms with Gasteiger partial charge in [-0.05, 0) is 42.9 Å². The quantitative estimate of drug-likeness (QED) is 0.110. The maximum atomic E-state index is 10.5. The Balaban J connectivity index is 2.02. The first-order valence-electron chi connectivity index (χ1n) is 17.1. The molecule has 0 aliphatic carbocycles. The van der Waals surface area contributed by atoms with Crippen molar-refractivity contribution in [2.75, 3.05) is 0 Å². The third-order valence-electron chi connectivity index (χ3n) is 8.33. The molecule has 0 amide bonds. The molecular weight excluding hydrogens is 448 g/mol. The Morgan fingerprint density at radius 2 is 0.730 bits per heavy atom. The van der Waals surface area contributed by atoms with E-state index in [1.54, 1.807) is 0 Å². The average Bonchev–Trinajstić information content (AvgIpc) is 2.90. The minimum atomic E-state index is 0.533. The highest BCUT2D eigenvalue weighted by atomic mass is 16.3. The second kappa shape index (κ2) is 26.6. The van der Waals surface area contributed by atoms with Gasteiger partial charge in [-0.15, -0.1) is 0 Å². The van der Waals surface area contributed by atoms with E-state index in [1.807, 2.05) is 12.1 Å². The van der Waals surface area contributed by atoms with Crippen molar-refractivity contribution in [1.82, 2.24) is 0 Å². The number of aromatic hydroxyl groups is 1. The molecule has 1 heteroatoms. The molecule has 0 fully saturated rings. The lowest BCUT2D eigenvalue weighted by molar-refractivity contribution is 0.464. The molecule has 0 radical (unpaired) electrons. The van der Waals surface area contributed by atoms with E-state index in [0.717, 1.165) is 12.8 Å². The maximum Gasteiger partial charge on any atom is 0.119 e. The van der Waals surface area contributed by atoms with E-state index in [1.165, 1.54) is 178 Å². The zero-order valence-electron chi connectivity index (χ0n) is 25.5. The molecule has 1 aromatic rings. The van der Waals surface area contributed by atoms with Crippen molar-refractivity contribution < 1.29 is 5.11 Å². The maximum absolute atomic E-state index is 10.5. The lowest BCUT2D eigenvalue weighted by Crippen LogP contribution is -1.96. The van der Waals surface area contributed by atoms with Crippen molar-refractivity contribution in [3.8, 4) is 5.75 Å². The molecule has 216 valence electrons. The second-order valence-electron chi connectivity index (χ2n) is 11.9. The first-order valence-corrected chi connectivity index (χ1v) is 17.1. The van der Waals surface area contributed by atoms with Gasteiger partial charge in [0.1, 0.15) is 5.75 Å². The molecule has 1 aromatic carbocycles. The summed E-state index contributed by atoms with van der Waals surface area (Å²) in [5, 5.41) is 10.5. The summed E-state index contributed by atoms with van der Waals surface area (Å²) in [6, 6.07) is 6.20. The Kier molecular flexibility index (Phi) is 24.5. The summed E-state index contributed by atoms with van der Waals surface area (Å²) in [6.07, 6.45) is 38.5. The van der Waals surface area contributed by atoms with Crippen molar-refractivity contribution >= 4 is 0 Å². The third-order valence-corrected chi connectivity index (χ3v) is 8.33. The van der Waals surface area contributed by atoms with E-state index in [0.29, 0.717) is 5.75 Å². The minimum Gasteiger partial charge on any atom is -0.508 e. The van der Waals surface area contributed by atoms with Crippen LogP contribution in [0.5, 0.6) is 5.75 Å². The van der Waals surface area contributed by atoms with Gasteiger partial charge in [0, 0.05) is 0 Å². The smallest absolute Gasteiger partial charge is 0.119 e. The predicted octanol–water partition coefficient (Wildman–Crippen LogP) is 12.7. The van der Waals surface area contributed by atoms with Crippen LogP contribution in [0, 0.1) is 0 Å². The van der Waals surface area contributed by atoms with Gasteiger partial charge in [-0.1, -0.05) is 180 Å².